The highest BCUT2D eigenvalue weighted by atomic mass is 32.1. The van der Waals surface area contributed by atoms with Crippen LogP contribution >= 0.6 is 12.2 Å². The molecule has 1 saturated carbocycles. The van der Waals surface area contributed by atoms with E-state index >= 15 is 0 Å². The number of benzene rings is 1. The Balaban J connectivity index is 1.37. The van der Waals surface area contributed by atoms with Gasteiger partial charge in [-0.1, -0.05) is 12.1 Å². The van der Waals surface area contributed by atoms with Gasteiger partial charge in [0, 0.05) is 12.5 Å². The number of nitrogens with one attached hydrogen (secondary N) is 2. The fraction of sp³-hybridized carbons (Fsp3) is 0.381. The van der Waals surface area contributed by atoms with Gasteiger partial charge in [0.2, 0.25) is 5.91 Å². The largest absolute Gasteiger partial charge is 0.467 e. The van der Waals surface area contributed by atoms with Crippen molar-refractivity contribution in [1.82, 2.24) is 14.9 Å². The van der Waals surface area contributed by atoms with Gasteiger partial charge in [0.15, 0.2) is 4.77 Å². The molecular formula is C21H23N3O3S. The first-order chi connectivity index (χ1) is 13.6. The number of amides is 1. The molecule has 0 saturated heterocycles. The maximum atomic E-state index is 12.8. The van der Waals surface area contributed by atoms with Crippen molar-refractivity contribution in [3.05, 3.63) is 63.5 Å². The lowest BCUT2D eigenvalue weighted by atomic mass is 9.81. The molecular weight excluding hydrogens is 374 g/mol. The van der Waals surface area contributed by atoms with E-state index in [-0.39, 0.29) is 17.4 Å². The van der Waals surface area contributed by atoms with Gasteiger partial charge >= 0.3 is 0 Å². The molecule has 0 aliphatic heterocycles. The molecule has 3 aromatic rings. The average Bonchev–Trinajstić information content (AvgIpc) is 3.23. The highest BCUT2D eigenvalue weighted by molar-refractivity contribution is 7.71. The van der Waals surface area contributed by atoms with Crippen molar-refractivity contribution in [3.63, 3.8) is 0 Å². The number of para-hydroxylation sites is 1. The highest BCUT2D eigenvalue weighted by Gasteiger charge is 2.27. The lowest BCUT2D eigenvalue weighted by molar-refractivity contribution is -0.126. The van der Waals surface area contributed by atoms with Crippen LogP contribution in [0.15, 0.2) is 51.9 Å². The van der Waals surface area contributed by atoms with Crippen LogP contribution in [-0.2, 0) is 17.9 Å². The number of hydrogen-bond acceptors (Lipinski definition) is 4. The Morgan fingerprint density at radius 3 is 2.71 bits per heavy atom. The number of fused-ring (bicyclic) bond motifs is 1. The first-order valence-corrected chi connectivity index (χ1v) is 10.0. The molecule has 0 bridgehead atoms. The first-order valence-electron chi connectivity index (χ1n) is 9.64. The standard InChI is InChI=1S/C21H23N3O3S/c25-19(22-12-16-4-3-11-27-16)15-9-7-14(8-10-15)13-24-20(26)17-5-1-2-6-18(17)23-21(24)28/h1-6,11,14-15H,7-10,12-13H2,(H,22,25)(H,23,28). The van der Waals surface area contributed by atoms with Crippen LogP contribution in [0.25, 0.3) is 10.9 Å². The number of H-pyrrole nitrogens is 1. The summed E-state index contributed by atoms with van der Waals surface area (Å²) in [7, 11) is 0. The summed E-state index contributed by atoms with van der Waals surface area (Å²) in [6.45, 7) is 1.02. The fourth-order valence-electron chi connectivity index (χ4n) is 3.96. The first kappa shape index (κ1) is 18.7. The van der Waals surface area contributed by atoms with Gasteiger partial charge in [-0.25, -0.2) is 0 Å². The average molecular weight is 398 g/mol. The van der Waals surface area contributed by atoms with Crippen molar-refractivity contribution in [3.8, 4) is 0 Å². The van der Waals surface area contributed by atoms with E-state index in [0.29, 0.717) is 29.2 Å². The van der Waals surface area contributed by atoms with E-state index in [2.05, 4.69) is 10.3 Å². The fourth-order valence-corrected chi connectivity index (χ4v) is 4.23. The number of carbonyl (C=O) groups excluding carboxylic acids is 1. The Labute approximate surface area is 167 Å². The van der Waals surface area contributed by atoms with Crippen LogP contribution in [0.5, 0.6) is 0 Å². The minimum atomic E-state index is -0.0438. The van der Waals surface area contributed by atoms with E-state index in [1.165, 1.54) is 0 Å². The van der Waals surface area contributed by atoms with Gasteiger partial charge in [-0.2, -0.15) is 0 Å². The van der Waals surface area contributed by atoms with Crippen LogP contribution in [-0.4, -0.2) is 15.5 Å². The lowest BCUT2D eigenvalue weighted by Crippen LogP contribution is -2.34. The molecule has 0 atom stereocenters. The maximum absolute atomic E-state index is 12.8. The molecule has 1 amide bonds. The topological polar surface area (TPSA) is 80.0 Å². The Kier molecular flexibility index (Phi) is 5.43. The molecule has 4 rings (SSSR count). The SMILES string of the molecule is O=C(NCc1ccco1)C1CCC(Cn2c(=S)[nH]c3ccccc3c2=O)CC1. The van der Waals surface area contributed by atoms with Crippen LogP contribution in [0.4, 0.5) is 0 Å². The smallest absolute Gasteiger partial charge is 0.262 e. The summed E-state index contributed by atoms with van der Waals surface area (Å²) < 4.78 is 7.37. The molecule has 6 nitrogen and oxygen atoms in total. The Bertz CT molecular complexity index is 1080. The van der Waals surface area contributed by atoms with E-state index < -0.39 is 0 Å². The molecule has 28 heavy (non-hydrogen) atoms. The van der Waals surface area contributed by atoms with Crippen molar-refractivity contribution in [2.45, 2.75) is 38.8 Å². The van der Waals surface area contributed by atoms with Crippen LogP contribution < -0.4 is 10.9 Å². The summed E-state index contributed by atoms with van der Waals surface area (Å²) >= 11 is 5.41. The van der Waals surface area contributed by atoms with E-state index in [1.54, 1.807) is 10.8 Å². The summed E-state index contributed by atoms with van der Waals surface area (Å²) in [5, 5.41) is 3.60. The zero-order valence-corrected chi connectivity index (χ0v) is 16.3. The number of hydrogen-bond donors (Lipinski definition) is 2. The number of aromatic nitrogens is 2. The molecule has 2 heterocycles. The highest BCUT2D eigenvalue weighted by Crippen LogP contribution is 2.30. The van der Waals surface area contributed by atoms with Gasteiger partial charge in [0.1, 0.15) is 5.76 Å². The molecule has 0 radical (unpaired) electrons. The number of aromatic amines is 1. The van der Waals surface area contributed by atoms with Crippen molar-refractivity contribution < 1.29 is 9.21 Å². The molecule has 0 unspecified atom stereocenters. The third-order valence-corrected chi connectivity index (χ3v) is 5.89. The van der Waals surface area contributed by atoms with Gasteiger partial charge in [-0.3, -0.25) is 14.2 Å². The summed E-state index contributed by atoms with van der Waals surface area (Å²) in [6, 6.07) is 11.1. The third kappa shape index (κ3) is 3.94. The molecule has 0 spiro atoms. The van der Waals surface area contributed by atoms with Gasteiger partial charge < -0.3 is 14.7 Å². The number of rotatable bonds is 5. The van der Waals surface area contributed by atoms with Crippen LogP contribution in [0.2, 0.25) is 0 Å². The molecule has 1 aliphatic rings. The summed E-state index contributed by atoms with van der Waals surface area (Å²) in [5.74, 6) is 1.21. The molecule has 1 fully saturated rings. The predicted octanol–water partition coefficient (Wildman–Crippen LogP) is 3.77. The maximum Gasteiger partial charge on any atom is 0.262 e. The van der Waals surface area contributed by atoms with E-state index in [0.717, 1.165) is 37.0 Å². The zero-order valence-electron chi connectivity index (χ0n) is 15.5. The summed E-state index contributed by atoms with van der Waals surface area (Å²) in [4.78, 5) is 28.3. The predicted molar refractivity (Wildman–Crippen MR) is 109 cm³/mol. The normalized spacial score (nSPS) is 19.6. The van der Waals surface area contributed by atoms with Crippen LogP contribution in [0.1, 0.15) is 31.4 Å². The summed E-state index contributed by atoms with van der Waals surface area (Å²) in [6.07, 6.45) is 5.08. The minimum absolute atomic E-state index is 0.0223. The van der Waals surface area contributed by atoms with Crippen LogP contribution in [0.3, 0.4) is 0 Å². The van der Waals surface area contributed by atoms with Crippen molar-refractivity contribution in [2.75, 3.05) is 0 Å². The molecule has 1 aliphatic carbocycles. The number of nitrogens with zero attached hydrogens (tertiary/aromatic N) is 1. The molecule has 2 aromatic heterocycles. The van der Waals surface area contributed by atoms with Gasteiger partial charge in [-0.15, -0.1) is 0 Å². The van der Waals surface area contributed by atoms with Gasteiger partial charge in [0.25, 0.3) is 5.56 Å². The van der Waals surface area contributed by atoms with Crippen molar-refractivity contribution in [2.24, 2.45) is 11.8 Å². The van der Waals surface area contributed by atoms with E-state index in [1.807, 2.05) is 36.4 Å². The second-order valence-electron chi connectivity index (χ2n) is 7.41. The van der Waals surface area contributed by atoms with Crippen LogP contribution in [0, 0.1) is 16.6 Å². The molecule has 7 heteroatoms. The second-order valence-corrected chi connectivity index (χ2v) is 7.79. The lowest BCUT2D eigenvalue weighted by Gasteiger charge is -2.28. The summed E-state index contributed by atoms with van der Waals surface area (Å²) in [5.41, 5.74) is 0.725. The number of carbonyl (C=O) groups is 1. The zero-order chi connectivity index (χ0) is 19.5. The molecule has 1 aromatic carbocycles. The van der Waals surface area contributed by atoms with Gasteiger partial charge in [0.05, 0.1) is 23.7 Å². The van der Waals surface area contributed by atoms with Crippen molar-refractivity contribution >= 4 is 29.0 Å². The number of furan rings is 1. The molecule has 146 valence electrons. The van der Waals surface area contributed by atoms with E-state index in [9.17, 15) is 9.59 Å². The third-order valence-electron chi connectivity index (χ3n) is 5.56. The van der Waals surface area contributed by atoms with Gasteiger partial charge in [-0.05, 0) is 68.1 Å². The Morgan fingerprint density at radius 2 is 1.96 bits per heavy atom. The molecule has 2 N–H and O–H groups in total. The minimum Gasteiger partial charge on any atom is -0.467 e. The van der Waals surface area contributed by atoms with E-state index in [4.69, 9.17) is 16.6 Å². The van der Waals surface area contributed by atoms with Crippen molar-refractivity contribution in [1.29, 1.82) is 0 Å². The quantitative estimate of drug-likeness (QED) is 0.642. The second kappa shape index (κ2) is 8.14. The Morgan fingerprint density at radius 1 is 1.18 bits per heavy atom. The monoisotopic (exact) mass is 397 g/mol. The Hall–Kier alpha value is -2.67.